The van der Waals surface area contributed by atoms with Gasteiger partial charge in [0.1, 0.15) is 0 Å². The van der Waals surface area contributed by atoms with E-state index in [1.165, 1.54) is 7.11 Å². The van der Waals surface area contributed by atoms with Gasteiger partial charge in [-0.05, 0) is 39.0 Å². The molecule has 0 fully saturated rings. The van der Waals surface area contributed by atoms with Crippen molar-refractivity contribution in [1.82, 2.24) is 5.32 Å². The van der Waals surface area contributed by atoms with Crippen LogP contribution >= 0.6 is 0 Å². The van der Waals surface area contributed by atoms with Crippen LogP contribution < -0.4 is 15.5 Å². The molecular formula is C15H23N3O3. The highest BCUT2D eigenvalue weighted by atomic mass is 16.5. The lowest BCUT2D eigenvalue weighted by molar-refractivity contribution is 0.0601. The number of methoxy groups -OCH3 is 1. The first kappa shape index (κ1) is 16.8. The van der Waals surface area contributed by atoms with E-state index in [4.69, 9.17) is 4.74 Å². The van der Waals surface area contributed by atoms with Gasteiger partial charge >= 0.3 is 12.0 Å². The van der Waals surface area contributed by atoms with Crippen molar-refractivity contribution in [2.24, 2.45) is 0 Å². The standard InChI is InChI=1S/C15H23N3O3/c1-5-16-15(20)17-12-9-8-11(14(19)21-4)10-13(12)18(6-2)7-3/h8-10H,5-7H2,1-4H3,(H2,16,17,20). The minimum atomic E-state index is -0.395. The number of urea groups is 1. The summed E-state index contributed by atoms with van der Waals surface area (Å²) in [4.78, 5) is 25.4. The molecule has 1 aromatic carbocycles. The molecule has 0 aliphatic carbocycles. The molecule has 0 heterocycles. The summed E-state index contributed by atoms with van der Waals surface area (Å²) in [5.41, 5.74) is 1.92. The van der Waals surface area contributed by atoms with Gasteiger partial charge in [0.05, 0.1) is 24.0 Å². The van der Waals surface area contributed by atoms with Gasteiger partial charge in [0, 0.05) is 19.6 Å². The molecule has 0 aliphatic rings. The molecule has 0 radical (unpaired) electrons. The number of carbonyl (C=O) groups is 2. The lowest BCUT2D eigenvalue weighted by atomic mass is 10.1. The molecule has 0 spiro atoms. The fraction of sp³-hybridized carbons (Fsp3) is 0.467. The summed E-state index contributed by atoms with van der Waals surface area (Å²) in [6.45, 7) is 7.97. The first-order valence-electron chi connectivity index (χ1n) is 7.09. The van der Waals surface area contributed by atoms with E-state index in [-0.39, 0.29) is 6.03 Å². The highest BCUT2D eigenvalue weighted by molar-refractivity contribution is 5.96. The van der Waals surface area contributed by atoms with Gasteiger partial charge < -0.3 is 20.3 Å². The van der Waals surface area contributed by atoms with Gasteiger partial charge in [-0.25, -0.2) is 9.59 Å². The first-order valence-corrected chi connectivity index (χ1v) is 7.09. The highest BCUT2D eigenvalue weighted by Gasteiger charge is 2.15. The monoisotopic (exact) mass is 293 g/mol. The second-order valence-electron chi connectivity index (χ2n) is 4.38. The Bertz CT molecular complexity index is 499. The van der Waals surface area contributed by atoms with Crippen molar-refractivity contribution < 1.29 is 14.3 Å². The fourth-order valence-electron chi connectivity index (χ4n) is 2.04. The fourth-order valence-corrected chi connectivity index (χ4v) is 2.04. The Morgan fingerprint density at radius 1 is 1.19 bits per heavy atom. The molecule has 0 saturated carbocycles. The second-order valence-corrected chi connectivity index (χ2v) is 4.38. The van der Waals surface area contributed by atoms with Crippen LogP contribution in [0.1, 0.15) is 31.1 Å². The molecule has 2 amide bonds. The van der Waals surface area contributed by atoms with Crippen LogP contribution in [0.3, 0.4) is 0 Å². The number of hydrogen-bond donors (Lipinski definition) is 2. The molecular weight excluding hydrogens is 270 g/mol. The largest absolute Gasteiger partial charge is 0.465 e. The zero-order valence-corrected chi connectivity index (χ0v) is 13.0. The van der Waals surface area contributed by atoms with Crippen molar-refractivity contribution in [1.29, 1.82) is 0 Å². The van der Waals surface area contributed by atoms with Gasteiger partial charge in [0.15, 0.2) is 0 Å². The summed E-state index contributed by atoms with van der Waals surface area (Å²) in [5.74, 6) is -0.395. The maximum Gasteiger partial charge on any atom is 0.337 e. The van der Waals surface area contributed by atoms with Crippen molar-refractivity contribution in [3.63, 3.8) is 0 Å². The van der Waals surface area contributed by atoms with E-state index in [1.54, 1.807) is 18.2 Å². The zero-order valence-electron chi connectivity index (χ0n) is 13.0. The topological polar surface area (TPSA) is 70.7 Å². The molecule has 116 valence electrons. The number of hydrogen-bond acceptors (Lipinski definition) is 4. The van der Waals surface area contributed by atoms with E-state index in [1.807, 2.05) is 20.8 Å². The predicted octanol–water partition coefficient (Wildman–Crippen LogP) is 2.46. The number of amides is 2. The number of ether oxygens (including phenoxy) is 1. The van der Waals surface area contributed by atoms with Gasteiger partial charge in [-0.2, -0.15) is 0 Å². The van der Waals surface area contributed by atoms with Crippen LogP contribution in [0.15, 0.2) is 18.2 Å². The molecule has 0 saturated heterocycles. The van der Waals surface area contributed by atoms with Crippen LogP contribution in [0.2, 0.25) is 0 Å². The highest BCUT2D eigenvalue weighted by Crippen LogP contribution is 2.27. The Labute approximate surface area is 125 Å². The van der Waals surface area contributed by atoms with Crippen LogP contribution in [-0.4, -0.2) is 38.7 Å². The normalized spacial score (nSPS) is 9.90. The summed E-state index contributed by atoms with van der Waals surface area (Å²) in [6.07, 6.45) is 0. The number of benzene rings is 1. The third-order valence-corrected chi connectivity index (χ3v) is 3.11. The van der Waals surface area contributed by atoms with Crippen LogP contribution in [0.5, 0.6) is 0 Å². The molecule has 1 aromatic rings. The quantitative estimate of drug-likeness (QED) is 0.790. The summed E-state index contributed by atoms with van der Waals surface area (Å²) in [6, 6.07) is 4.83. The minimum Gasteiger partial charge on any atom is -0.465 e. The zero-order chi connectivity index (χ0) is 15.8. The Kier molecular flexibility index (Phi) is 6.52. The van der Waals surface area contributed by atoms with Crippen LogP contribution in [0.4, 0.5) is 16.2 Å². The number of esters is 1. The minimum absolute atomic E-state index is 0.267. The van der Waals surface area contributed by atoms with Crippen molar-refractivity contribution in [2.45, 2.75) is 20.8 Å². The maximum atomic E-state index is 11.7. The molecule has 0 aromatic heterocycles. The Morgan fingerprint density at radius 2 is 1.86 bits per heavy atom. The molecule has 0 bridgehead atoms. The number of nitrogens with one attached hydrogen (secondary N) is 2. The summed E-state index contributed by atoms with van der Waals surface area (Å²) in [7, 11) is 1.35. The number of nitrogens with zero attached hydrogens (tertiary/aromatic N) is 1. The SMILES string of the molecule is CCNC(=O)Nc1ccc(C(=O)OC)cc1N(CC)CC. The summed E-state index contributed by atoms with van der Waals surface area (Å²) < 4.78 is 4.74. The summed E-state index contributed by atoms with van der Waals surface area (Å²) >= 11 is 0. The number of carbonyl (C=O) groups excluding carboxylic acids is 2. The molecule has 2 N–H and O–H groups in total. The Morgan fingerprint density at radius 3 is 2.38 bits per heavy atom. The van der Waals surface area contributed by atoms with E-state index < -0.39 is 5.97 Å². The van der Waals surface area contributed by atoms with Gasteiger partial charge in [-0.15, -0.1) is 0 Å². The molecule has 21 heavy (non-hydrogen) atoms. The second kappa shape index (κ2) is 8.14. The van der Waals surface area contributed by atoms with Crippen LogP contribution in [0, 0.1) is 0 Å². The van der Waals surface area contributed by atoms with E-state index in [0.717, 1.165) is 18.8 Å². The molecule has 6 heteroatoms. The Balaban J connectivity index is 3.16. The van der Waals surface area contributed by atoms with Crippen molar-refractivity contribution in [3.8, 4) is 0 Å². The van der Waals surface area contributed by atoms with Gasteiger partial charge in [0.2, 0.25) is 0 Å². The first-order chi connectivity index (χ1) is 10.1. The van der Waals surface area contributed by atoms with Gasteiger partial charge in [-0.1, -0.05) is 0 Å². The third kappa shape index (κ3) is 4.37. The lowest BCUT2D eigenvalue weighted by Crippen LogP contribution is -2.30. The molecule has 1 rings (SSSR count). The molecule has 6 nitrogen and oxygen atoms in total. The maximum absolute atomic E-state index is 11.7. The molecule has 0 atom stereocenters. The molecule has 0 aliphatic heterocycles. The van der Waals surface area contributed by atoms with Crippen molar-refractivity contribution in [3.05, 3.63) is 23.8 Å². The summed E-state index contributed by atoms with van der Waals surface area (Å²) in [5, 5.41) is 5.49. The van der Waals surface area contributed by atoms with E-state index in [0.29, 0.717) is 17.8 Å². The smallest absolute Gasteiger partial charge is 0.337 e. The van der Waals surface area contributed by atoms with Crippen LogP contribution in [-0.2, 0) is 4.74 Å². The third-order valence-electron chi connectivity index (χ3n) is 3.11. The van der Waals surface area contributed by atoms with E-state index in [2.05, 4.69) is 15.5 Å². The average Bonchev–Trinajstić information content (AvgIpc) is 2.49. The lowest BCUT2D eigenvalue weighted by Gasteiger charge is -2.24. The number of rotatable bonds is 6. The van der Waals surface area contributed by atoms with Crippen molar-refractivity contribution >= 4 is 23.4 Å². The van der Waals surface area contributed by atoms with Crippen molar-refractivity contribution in [2.75, 3.05) is 37.0 Å². The molecule has 0 unspecified atom stereocenters. The van der Waals surface area contributed by atoms with Crippen LogP contribution in [0.25, 0.3) is 0 Å². The van der Waals surface area contributed by atoms with Gasteiger partial charge in [0.25, 0.3) is 0 Å². The predicted molar refractivity (Wildman–Crippen MR) is 84.0 cm³/mol. The number of anilines is 2. The Hall–Kier alpha value is -2.24. The average molecular weight is 293 g/mol. The van der Waals surface area contributed by atoms with E-state index >= 15 is 0 Å². The van der Waals surface area contributed by atoms with Gasteiger partial charge in [-0.3, -0.25) is 0 Å². The van der Waals surface area contributed by atoms with E-state index in [9.17, 15) is 9.59 Å².